The van der Waals surface area contributed by atoms with Crippen molar-refractivity contribution in [1.82, 2.24) is 34.8 Å². The number of fused-ring (bicyclic) bond motifs is 2. The Morgan fingerprint density at radius 3 is 2.80 bits per heavy atom. The van der Waals surface area contributed by atoms with Crippen LogP contribution in [0.15, 0.2) is 67.5 Å². The molecule has 2 aromatic carbocycles. The number of rotatable bonds is 7. The number of hydrogen-bond donors (Lipinski definition) is 1. The second kappa shape index (κ2) is 10.5. The van der Waals surface area contributed by atoms with E-state index in [-0.39, 0.29) is 18.0 Å². The van der Waals surface area contributed by atoms with E-state index in [9.17, 15) is 4.79 Å². The molecule has 1 fully saturated rings. The van der Waals surface area contributed by atoms with Crippen molar-refractivity contribution in [2.75, 3.05) is 23.8 Å². The number of aromatic nitrogens is 6. The average molecular weight is 550 g/mol. The zero-order valence-corrected chi connectivity index (χ0v) is 23.4. The van der Waals surface area contributed by atoms with Crippen LogP contribution in [0, 0.1) is 6.92 Å². The SMILES string of the molecule is C=CC(=O)N1C[C@@H](N(C)c2ccc3ncnc(Nc4ccc(Oc5ccc6c(c5)nnn6C)c(C)c4)c3n2)C[C@H]1C. The number of carbonyl (C=O) groups is 1. The lowest BCUT2D eigenvalue weighted by atomic mass is 10.1. The van der Waals surface area contributed by atoms with Crippen molar-refractivity contribution >= 4 is 45.3 Å². The normalized spacial score (nSPS) is 16.7. The number of nitrogens with zero attached hydrogens (tertiary/aromatic N) is 8. The fourth-order valence-corrected chi connectivity index (χ4v) is 5.30. The lowest BCUT2D eigenvalue weighted by Gasteiger charge is -2.26. The fourth-order valence-electron chi connectivity index (χ4n) is 5.30. The van der Waals surface area contributed by atoms with Crippen LogP contribution in [-0.4, -0.2) is 66.4 Å². The van der Waals surface area contributed by atoms with Gasteiger partial charge in [0.2, 0.25) is 5.91 Å². The standard InChI is InChI=1S/C30H31N9O2/c1-6-28(40)39-16-21(14-19(39)3)37(4)27-12-9-23-29(34-27)30(32-17-31-23)33-20-7-11-26(18(2)13-20)41-22-8-10-25-24(15-22)35-36-38(25)5/h6-13,15,17,19,21H,1,14,16H2,2-5H3,(H,31,32,33)/t19-,21+/m1/s1. The topological polar surface area (TPSA) is 114 Å². The number of benzene rings is 2. The number of likely N-dealkylation sites (tertiary alicyclic amines) is 1. The van der Waals surface area contributed by atoms with Crippen LogP contribution in [0.2, 0.25) is 0 Å². The minimum absolute atomic E-state index is 0.0435. The van der Waals surface area contributed by atoms with E-state index in [1.54, 1.807) is 4.68 Å². The molecular weight excluding hydrogens is 518 g/mol. The lowest BCUT2D eigenvalue weighted by molar-refractivity contribution is -0.126. The molecule has 1 aliphatic heterocycles. The predicted molar refractivity (Wildman–Crippen MR) is 159 cm³/mol. The maximum atomic E-state index is 12.2. The van der Waals surface area contributed by atoms with E-state index in [0.29, 0.717) is 23.6 Å². The number of carbonyl (C=O) groups excluding carboxylic acids is 1. The molecule has 41 heavy (non-hydrogen) atoms. The molecular formula is C30H31N9O2. The van der Waals surface area contributed by atoms with E-state index in [0.717, 1.165) is 45.8 Å². The lowest BCUT2D eigenvalue weighted by Crippen LogP contribution is -2.37. The Morgan fingerprint density at radius 2 is 2.00 bits per heavy atom. The van der Waals surface area contributed by atoms with Crippen molar-refractivity contribution in [3.05, 3.63) is 73.1 Å². The Kier molecular flexibility index (Phi) is 6.70. The van der Waals surface area contributed by atoms with Gasteiger partial charge in [0.1, 0.15) is 34.7 Å². The molecule has 1 N–H and O–H groups in total. The monoisotopic (exact) mass is 549 g/mol. The summed E-state index contributed by atoms with van der Waals surface area (Å²) in [5.41, 5.74) is 4.92. The number of ether oxygens (including phenoxy) is 1. The van der Waals surface area contributed by atoms with Crippen LogP contribution < -0.4 is 15.0 Å². The Labute approximate surface area is 237 Å². The second-order valence-electron chi connectivity index (χ2n) is 10.4. The van der Waals surface area contributed by atoms with Crippen molar-refractivity contribution in [2.45, 2.75) is 32.4 Å². The molecule has 11 nitrogen and oxygen atoms in total. The quantitative estimate of drug-likeness (QED) is 0.287. The Bertz CT molecular complexity index is 1780. The highest BCUT2D eigenvalue weighted by Crippen LogP contribution is 2.32. The van der Waals surface area contributed by atoms with Gasteiger partial charge in [-0.3, -0.25) is 4.79 Å². The third kappa shape index (κ3) is 5.02. The number of pyridine rings is 1. The van der Waals surface area contributed by atoms with Crippen molar-refractivity contribution in [2.24, 2.45) is 7.05 Å². The van der Waals surface area contributed by atoms with Gasteiger partial charge in [-0.05, 0) is 74.4 Å². The summed E-state index contributed by atoms with van der Waals surface area (Å²) in [6, 6.07) is 15.8. The number of aryl methyl sites for hydroxylation is 2. The first-order chi connectivity index (χ1) is 19.8. The van der Waals surface area contributed by atoms with Gasteiger partial charge in [0.25, 0.3) is 0 Å². The van der Waals surface area contributed by atoms with Crippen LogP contribution in [0.5, 0.6) is 11.5 Å². The van der Waals surface area contributed by atoms with Crippen LogP contribution in [0.25, 0.3) is 22.1 Å². The van der Waals surface area contributed by atoms with Crippen molar-refractivity contribution in [1.29, 1.82) is 0 Å². The van der Waals surface area contributed by atoms with E-state index in [2.05, 4.69) is 44.0 Å². The van der Waals surface area contributed by atoms with E-state index in [4.69, 9.17) is 9.72 Å². The van der Waals surface area contributed by atoms with E-state index < -0.39 is 0 Å². The summed E-state index contributed by atoms with van der Waals surface area (Å²) in [4.78, 5) is 30.1. The van der Waals surface area contributed by atoms with Gasteiger partial charge in [0, 0.05) is 44.5 Å². The smallest absolute Gasteiger partial charge is 0.246 e. The number of anilines is 3. The molecule has 0 spiro atoms. The van der Waals surface area contributed by atoms with Gasteiger partial charge >= 0.3 is 0 Å². The maximum absolute atomic E-state index is 12.2. The molecule has 11 heteroatoms. The highest BCUT2D eigenvalue weighted by Gasteiger charge is 2.34. The summed E-state index contributed by atoms with van der Waals surface area (Å²) < 4.78 is 7.88. The third-order valence-corrected chi connectivity index (χ3v) is 7.63. The van der Waals surface area contributed by atoms with Crippen LogP contribution in [0.3, 0.4) is 0 Å². The van der Waals surface area contributed by atoms with Gasteiger partial charge in [-0.25, -0.2) is 19.6 Å². The van der Waals surface area contributed by atoms with E-state index in [1.165, 1.54) is 12.4 Å². The molecule has 2 atom stereocenters. The molecule has 0 bridgehead atoms. The minimum Gasteiger partial charge on any atom is -0.457 e. The Hall–Kier alpha value is -5.06. The molecule has 0 unspecified atom stereocenters. The second-order valence-corrected chi connectivity index (χ2v) is 10.4. The number of amides is 1. The van der Waals surface area contributed by atoms with Gasteiger partial charge in [-0.15, -0.1) is 5.10 Å². The van der Waals surface area contributed by atoms with Gasteiger partial charge in [0.05, 0.1) is 11.0 Å². The van der Waals surface area contributed by atoms with Gasteiger partial charge in [-0.2, -0.15) is 0 Å². The number of likely N-dealkylation sites (N-methyl/N-ethyl adjacent to an activating group) is 1. The summed E-state index contributed by atoms with van der Waals surface area (Å²) in [6.45, 7) is 8.32. The van der Waals surface area contributed by atoms with Crippen LogP contribution >= 0.6 is 0 Å². The van der Waals surface area contributed by atoms with Gasteiger partial charge in [-0.1, -0.05) is 11.8 Å². The number of nitrogens with one attached hydrogen (secondary N) is 1. The molecule has 5 aromatic rings. The van der Waals surface area contributed by atoms with Crippen molar-refractivity contribution in [3.8, 4) is 11.5 Å². The van der Waals surface area contributed by atoms with Crippen LogP contribution in [0.1, 0.15) is 18.9 Å². The molecule has 4 heterocycles. The fraction of sp³-hybridized carbons (Fsp3) is 0.267. The van der Waals surface area contributed by atoms with Crippen LogP contribution in [-0.2, 0) is 11.8 Å². The Morgan fingerprint density at radius 1 is 1.15 bits per heavy atom. The molecule has 3 aromatic heterocycles. The summed E-state index contributed by atoms with van der Waals surface area (Å²) >= 11 is 0. The zero-order valence-electron chi connectivity index (χ0n) is 23.4. The first-order valence-corrected chi connectivity index (χ1v) is 13.4. The van der Waals surface area contributed by atoms with E-state index in [1.807, 2.05) is 74.4 Å². The maximum Gasteiger partial charge on any atom is 0.246 e. The van der Waals surface area contributed by atoms with Gasteiger partial charge < -0.3 is 19.9 Å². The average Bonchev–Trinajstić information content (AvgIpc) is 3.55. The highest BCUT2D eigenvalue weighted by atomic mass is 16.5. The molecule has 0 aliphatic carbocycles. The van der Waals surface area contributed by atoms with Crippen molar-refractivity contribution in [3.63, 3.8) is 0 Å². The van der Waals surface area contributed by atoms with Gasteiger partial charge in [0.15, 0.2) is 5.82 Å². The molecule has 1 amide bonds. The largest absolute Gasteiger partial charge is 0.457 e. The minimum atomic E-state index is -0.0435. The molecule has 0 saturated carbocycles. The number of hydrogen-bond acceptors (Lipinski definition) is 9. The van der Waals surface area contributed by atoms with E-state index >= 15 is 0 Å². The first kappa shape index (κ1) is 26.2. The summed E-state index contributed by atoms with van der Waals surface area (Å²) in [5.74, 6) is 2.79. The Balaban J connectivity index is 1.22. The van der Waals surface area contributed by atoms with Crippen LogP contribution in [0.4, 0.5) is 17.3 Å². The molecule has 1 saturated heterocycles. The molecule has 208 valence electrons. The zero-order chi connectivity index (χ0) is 28.7. The first-order valence-electron chi connectivity index (χ1n) is 13.4. The predicted octanol–water partition coefficient (Wildman–Crippen LogP) is 4.76. The molecule has 0 radical (unpaired) electrons. The molecule has 6 rings (SSSR count). The highest BCUT2D eigenvalue weighted by molar-refractivity contribution is 5.89. The third-order valence-electron chi connectivity index (χ3n) is 7.63. The molecule has 1 aliphatic rings. The summed E-state index contributed by atoms with van der Waals surface area (Å²) in [7, 11) is 3.87. The summed E-state index contributed by atoms with van der Waals surface area (Å²) in [6.07, 6.45) is 3.76. The van der Waals surface area contributed by atoms with Crippen molar-refractivity contribution < 1.29 is 9.53 Å². The summed E-state index contributed by atoms with van der Waals surface area (Å²) in [5, 5.41) is 11.6.